The maximum absolute atomic E-state index is 15.3. The van der Waals surface area contributed by atoms with Crippen LogP contribution in [0.1, 0.15) is 41.8 Å². The predicted molar refractivity (Wildman–Crippen MR) is 129 cm³/mol. The van der Waals surface area contributed by atoms with Crippen LogP contribution in [0.5, 0.6) is 0 Å². The SMILES string of the molecule is C[C@@H](c1ncc(-c2ccc(C#N)cc2)s1)[C@@](Cn1cncn1)(OCCCC(=O)[O-])c1ccc(F)cc1F.[Na+]. The van der Waals surface area contributed by atoms with Crippen LogP contribution in [-0.4, -0.2) is 32.3 Å². The molecule has 190 valence electrons. The summed E-state index contributed by atoms with van der Waals surface area (Å²) in [7, 11) is 0. The summed E-state index contributed by atoms with van der Waals surface area (Å²) in [6.07, 6.45) is 4.37. The van der Waals surface area contributed by atoms with Gasteiger partial charge in [0, 0.05) is 36.3 Å². The molecule has 0 fully saturated rings. The van der Waals surface area contributed by atoms with Crippen LogP contribution in [-0.2, 0) is 21.7 Å². The van der Waals surface area contributed by atoms with Crippen LogP contribution >= 0.6 is 11.3 Å². The molecule has 0 aliphatic rings. The normalized spacial score (nSPS) is 13.2. The number of carboxylic acid groups (broad SMARTS) is 1. The molecule has 0 spiro atoms. The predicted octanol–water partition coefficient (Wildman–Crippen LogP) is 0.801. The van der Waals surface area contributed by atoms with E-state index in [0.29, 0.717) is 10.6 Å². The van der Waals surface area contributed by atoms with Crippen LogP contribution in [0.15, 0.2) is 61.3 Å². The minimum Gasteiger partial charge on any atom is -0.550 e. The van der Waals surface area contributed by atoms with Crippen LogP contribution in [0.25, 0.3) is 10.4 Å². The fourth-order valence-electron chi connectivity index (χ4n) is 4.09. The summed E-state index contributed by atoms with van der Waals surface area (Å²) in [5, 5.41) is 24.8. The maximum Gasteiger partial charge on any atom is 1.00 e. The van der Waals surface area contributed by atoms with Crippen molar-refractivity contribution in [1.29, 1.82) is 5.26 Å². The first-order valence-electron chi connectivity index (χ1n) is 11.4. The van der Waals surface area contributed by atoms with Gasteiger partial charge in [0.25, 0.3) is 0 Å². The molecule has 0 aliphatic heterocycles. The van der Waals surface area contributed by atoms with Gasteiger partial charge in [0.15, 0.2) is 0 Å². The van der Waals surface area contributed by atoms with E-state index >= 15 is 4.39 Å². The second-order valence-electron chi connectivity index (χ2n) is 8.40. The molecule has 0 aliphatic carbocycles. The van der Waals surface area contributed by atoms with E-state index in [1.54, 1.807) is 18.3 Å². The molecule has 0 amide bonds. The van der Waals surface area contributed by atoms with Gasteiger partial charge in [0.1, 0.15) is 29.9 Å². The van der Waals surface area contributed by atoms with E-state index in [1.807, 2.05) is 19.1 Å². The number of ether oxygens (including phenoxy) is 1. The fraction of sp³-hybridized carbons (Fsp3) is 0.269. The van der Waals surface area contributed by atoms with Gasteiger partial charge >= 0.3 is 29.6 Å². The molecule has 0 N–H and O–H groups in total. The molecule has 2 atom stereocenters. The van der Waals surface area contributed by atoms with Crippen molar-refractivity contribution in [3.8, 4) is 16.5 Å². The van der Waals surface area contributed by atoms with Gasteiger partial charge in [0.05, 0.1) is 28.1 Å². The number of carbonyl (C=O) groups is 1. The summed E-state index contributed by atoms with van der Waals surface area (Å²) >= 11 is 1.37. The number of rotatable bonds is 11. The smallest absolute Gasteiger partial charge is 0.550 e. The van der Waals surface area contributed by atoms with Crippen molar-refractivity contribution >= 4 is 17.3 Å². The van der Waals surface area contributed by atoms with E-state index < -0.39 is 29.1 Å². The Morgan fingerprint density at radius 3 is 2.66 bits per heavy atom. The number of nitrogens with zero attached hydrogens (tertiary/aromatic N) is 5. The zero-order valence-corrected chi connectivity index (χ0v) is 23.6. The van der Waals surface area contributed by atoms with Crippen molar-refractivity contribution in [3.05, 3.63) is 89.1 Å². The number of aliphatic carboxylic acids is 1. The molecule has 4 aromatic rings. The first kappa shape index (κ1) is 29.5. The molecule has 8 nitrogen and oxygen atoms in total. The van der Waals surface area contributed by atoms with Crippen molar-refractivity contribution in [1.82, 2.24) is 19.7 Å². The Morgan fingerprint density at radius 2 is 2.03 bits per heavy atom. The first-order chi connectivity index (χ1) is 17.8. The molecule has 0 bridgehead atoms. The standard InChI is InChI=1S/C26H23F2N5O3S.Na/c1-17(25-31-13-23(37-25)19-6-4-18(12-29)5-7-19)26(14-33-16-30-15-32-33,36-10-2-3-24(34)35)21-9-8-20(27)11-22(21)28;/h4-9,11,13,15-17H,2-3,10,14H2,1H3,(H,34,35);/q;+1/p-1/t17-,26+;/m0./s1. The molecule has 0 unspecified atom stereocenters. The molecule has 12 heteroatoms. The van der Waals surface area contributed by atoms with Gasteiger partial charge in [-0.1, -0.05) is 25.1 Å². The molecular weight excluding hydrogens is 523 g/mol. The number of carboxylic acids is 1. The van der Waals surface area contributed by atoms with Crippen LogP contribution < -0.4 is 34.7 Å². The Labute approximate surface area is 244 Å². The summed E-state index contributed by atoms with van der Waals surface area (Å²) in [4.78, 5) is 20.3. The summed E-state index contributed by atoms with van der Waals surface area (Å²) < 4.78 is 37.0. The number of halogens is 2. The van der Waals surface area contributed by atoms with E-state index in [2.05, 4.69) is 21.1 Å². The van der Waals surface area contributed by atoms with Crippen LogP contribution in [0.3, 0.4) is 0 Å². The third kappa shape index (κ3) is 6.70. The van der Waals surface area contributed by atoms with E-state index in [9.17, 15) is 14.3 Å². The van der Waals surface area contributed by atoms with E-state index in [4.69, 9.17) is 10.00 Å². The van der Waals surface area contributed by atoms with Crippen molar-refractivity contribution in [3.63, 3.8) is 0 Å². The molecule has 38 heavy (non-hydrogen) atoms. The minimum atomic E-state index is -1.43. The number of hydrogen-bond acceptors (Lipinski definition) is 8. The van der Waals surface area contributed by atoms with Crippen LogP contribution in [0.2, 0.25) is 0 Å². The Kier molecular flexibility index (Phi) is 10.2. The molecule has 4 rings (SSSR count). The van der Waals surface area contributed by atoms with E-state index in [0.717, 1.165) is 22.6 Å². The zero-order valence-electron chi connectivity index (χ0n) is 20.8. The average Bonchev–Trinajstić information content (AvgIpc) is 3.58. The van der Waals surface area contributed by atoms with Gasteiger partial charge < -0.3 is 14.6 Å². The van der Waals surface area contributed by atoms with Gasteiger partial charge in [-0.3, -0.25) is 0 Å². The quantitative estimate of drug-likeness (QED) is 0.202. The third-order valence-electron chi connectivity index (χ3n) is 6.03. The Balaban J connectivity index is 0.00000400. The minimum absolute atomic E-state index is 0. The number of carbonyl (C=O) groups excluding carboxylic acids is 1. The summed E-state index contributed by atoms with van der Waals surface area (Å²) in [5.74, 6) is -3.34. The largest absolute Gasteiger partial charge is 1.00 e. The summed E-state index contributed by atoms with van der Waals surface area (Å²) in [5.41, 5.74) is 0.0441. The van der Waals surface area contributed by atoms with Crippen molar-refractivity contribution < 1.29 is 53.0 Å². The Morgan fingerprint density at radius 1 is 1.26 bits per heavy atom. The maximum atomic E-state index is 15.3. The molecule has 0 saturated heterocycles. The summed E-state index contributed by atoms with van der Waals surface area (Å²) in [6.45, 7) is 1.80. The molecule has 0 saturated carbocycles. The second-order valence-corrected chi connectivity index (χ2v) is 9.47. The average molecular weight is 546 g/mol. The number of thiazole rings is 1. The van der Waals surface area contributed by atoms with E-state index in [-0.39, 0.29) is 61.1 Å². The van der Waals surface area contributed by atoms with Gasteiger partial charge in [-0.05, 0) is 36.6 Å². The first-order valence-corrected chi connectivity index (χ1v) is 12.2. The third-order valence-corrected chi connectivity index (χ3v) is 7.26. The molecule has 2 heterocycles. The van der Waals surface area contributed by atoms with Gasteiger partial charge in [-0.25, -0.2) is 23.4 Å². The zero-order chi connectivity index (χ0) is 26.4. The number of benzene rings is 2. The second kappa shape index (κ2) is 13.2. The van der Waals surface area contributed by atoms with Gasteiger partial charge in [-0.2, -0.15) is 10.4 Å². The number of nitriles is 1. The van der Waals surface area contributed by atoms with Crippen LogP contribution in [0.4, 0.5) is 8.78 Å². The van der Waals surface area contributed by atoms with Crippen molar-refractivity contribution in [2.45, 2.75) is 37.8 Å². The number of hydrogen-bond donors (Lipinski definition) is 0. The van der Waals surface area contributed by atoms with Crippen molar-refractivity contribution in [2.24, 2.45) is 0 Å². The fourth-order valence-corrected chi connectivity index (χ4v) is 5.15. The van der Waals surface area contributed by atoms with E-state index in [1.165, 1.54) is 34.7 Å². The monoisotopic (exact) mass is 545 g/mol. The van der Waals surface area contributed by atoms with Gasteiger partial charge in [-0.15, -0.1) is 11.3 Å². The molecule has 2 aromatic carbocycles. The van der Waals surface area contributed by atoms with Crippen molar-refractivity contribution in [2.75, 3.05) is 6.61 Å². The molecule has 0 radical (unpaired) electrons. The van der Waals surface area contributed by atoms with Gasteiger partial charge in [0.2, 0.25) is 0 Å². The molecule has 2 aromatic heterocycles. The Hall–Kier alpha value is -3.01. The summed E-state index contributed by atoms with van der Waals surface area (Å²) in [6, 6.07) is 12.4. The number of aromatic nitrogens is 4. The molecular formula is C26H22F2N5NaO3S. The van der Waals surface area contributed by atoms with Crippen LogP contribution in [0, 0.1) is 23.0 Å². The topological polar surface area (TPSA) is 117 Å². The Bertz CT molecular complexity index is 1410.